The average molecular weight is 482 g/mol. The molecule has 1 amide bonds. The van der Waals surface area contributed by atoms with Gasteiger partial charge in [0, 0.05) is 18.2 Å². The molecular weight excluding hydrogens is 454 g/mol. The molecule has 11 nitrogen and oxygen atoms in total. The lowest BCUT2D eigenvalue weighted by Gasteiger charge is -2.25. The number of rotatable bonds is 10. The molecule has 11 heteroatoms. The highest BCUT2D eigenvalue weighted by atomic mass is 16.6. The predicted octanol–water partition coefficient (Wildman–Crippen LogP) is 2.75. The quantitative estimate of drug-likeness (QED) is 0.333. The molecule has 2 aromatic carbocycles. The summed E-state index contributed by atoms with van der Waals surface area (Å²) in [4.78, 5) is 52.4. The summed E-state index contributed by atoms with van der Waals surface area (Å²) in [6.45, 7) is 3.36. The standard InChI is InChI=1S/C24H27N5O6/c1-3-4-12-27-22(25)21(23(31)26-24(27)32)28(14-17-8-6-5-7-9-17)20(30)15-35-18-10-11-19(29(33)34)16(2)13-18/h5-11,13H,3-4,12,14-15,25H2,1-2H3,(H,26,31,32). The Kier molecular flexibility index (Phi) is 8.03. The van der Waals surface area contributed by atoms with E-state index in [1.54, 1.807) is 31.2 Å². The second-order valence-electron chi connectivity index (χ2n) is 7.96. The van der Waals surface area contributed by atoms with Crippen LogP contribution in [0, 0.1) is 17.0 Å². The van der Waals surface area contributed by atoms with Gasteiger partial charge in [-0.1, -0.05) is 43.7 Å². The van der Waals surface area contributed by atoms with Crippen LogP contribution >= 0.6 is 0 Å². The number of H-pyrrole nitrogens is 1. The maximum absolute atomic E-state index is 13.3. The Morgan fingerprint density at radius 2 is 1.91 bits per heavy atom. The Labute approximate surface area is 200 Å². The summed E-state index contributed by atoms with van der Waals surface area (Å²) >= 11 is 0. The molecule has 184 valence electrons. The fourth-order valence-electron chi connectivity index (χ4n) is 3.58. The Bertz CT molecular complexity index is 1330. The number of nitrogens with zero attached hydrogens (tertiary/aromatic N) is 3. The van der Waals surface area contributed by atoms with Gasteiger partial charge in [-0.3, -0.25) is 34.2 Å². The normalized spacial score (nSPS) is 10.7. The molecule has 0 aliphatic rings. The molecule has 0 bridgehead atoms. The average Bonchev–Trinajstić information content (AvgIpc) is 2.82. The Hall–Kier alpha value is -4.41. The predicted molar refractivity (Wildman–Crippen MR) is 132 cm³/mol. The van der Waals surface area contributed by atoms with Crippen molar-refractivity contribution < 1.29 is 14.5 Å². The lowest BCUT2D eigenvalue weighted by molar-refractivity contribution is -0.385. The first-order valence-electron chi connectivity index (χ1n) is 11.1. The van der Waals surface area contributed by atoms with Gasteiger partial charge in [0.05, 0.1) is 11.5 Å². The summed E-state index contributed by atoms with van der Waals surface area (Å²) in [5, 5.41) is 11.0. The van der Waals surface area contributed by atoms with Crippen LogP contribution in [-0.2, 0) is 17.9 Å². The van der Waals surface area contributed by atoms with Gasteiger partial charge in [0.15, 0.2) is 12.3 Å². The molecule has 0 spiro atoms. The summed E-state index contributed by atoms with van der Waals surface area (Å²) in [5.41, 5.74) is 5.71. The number of amides is 1. The number of nitro benzene ring substituents is 1. The molecule has 35 heavy (non-hydrogen) atoms. The summed E-state index contributed by atoms with van der Waals surface area (Å²) in [7, 11) is 0. The van der Waals surface area contributed by atoms with Gasteiger partial charge in [-0.25, -0.2) is 4.79 Å². The first-order chi connectivity index (χ1) is 16.7. The van der Waals surface area contributed by atoms with E-state index in [1.165, 1.54) is 27.7 Å². The summed E-state index contributed by atoms with van der Waals surface area (Å²) in [5.74, 6) is -0.429. The number of nitro groups is 1. The molecule has 0 unspecified atom stereocenters. The first kappa shape index (κ1) is 25.2. The molecule has 0 fully saturated rings. The van der Waals surface area contributed by atoms with Gasteiger partial charge in [-0.2, -0.15) is 0 Å². The smallest absolute Gasteiger partial charge is 0.330 e. The molecule has 0 radical (unpaired) electrons. The molecule has 0 aliphatic heterocycles. The third-order valence-electron chi connectivity index (χ3n) is 5.43. The van der Waals surface area contributed by atoms with Gasteiger partial charge in [0.2, 0.25) is 0 Å². The molecule has 0 saturated carbocycles. The van der Waals surface area contributed by atoms with E-state index >= 15 is 0 Å². The number of hydrogen-bond acceptors (Lipinski definition) is 7. The third-order valence-corrected chi connectivity index (χ3v) is 5.43. The van der Waals surface area contributed by atoms with E-state index in [4.69, 9.17) is 10.5 Å². The molecule has 3 N–H and O–H groups in total. The molecule has 3 rings (SSSR count). The van der Waals surface area contributed by atoms with Crippen LogP contribution in [-0.4, -0.2) is 27.0 Å². The number of nitrogens with one attached hydrogen (secondary N) is 1. The minimum atomic E-state index is -0.782. The fourth-order valence-corrected chi connectivity index (χ4v) is 3.58. The summed E-state index contributed by atoms with van der Waals surface area (Å²) in [6.07, 6.45) is 1.46. The first-order valence-corrected chi connectivity index (χ1v) is 11.1. The van der Waals surface area contributed by atoms with Crippen LogP contribution in [0.1, 0.15) is 30.9 Å². The van der Waals surface area contributed by atoms with E-state index in [1.807, 2.05) is 13.0 Å². The minimum Gasteiger partial charge on any atom is -0.484 e. The van der Waals surface area contributed by atoms with Crippen molar-refractivity contribution in [2.75, 3.05) is 17.2 Å². The van der Waals surface area contributed by atoms with Crippen molar-refractivity contribution in [3.05, 3.63) is 90.6 Å². The highest BCUT2D eigenvalue weighted by molar-refractivity contribution is 5.96. The van der Waals surface area contributed by atoms with Gasteiger partial charge in [0.25, 0.3) is 17.2 Å². The van der Waals surface area contributed by atoms with Gasteiger partial charge < -0.3 is 10.5 Å². The number of hydrogen-bond donors (Lipinski definition) is 2. The number of ether oxygens (including phenoxy) is 1. The molecule has 3 aromatic rings. The van der Waals surface area contributed by atoms with Crippen molar-refractivity contribution in [2.45, 2.75) is 39.8 Å². The number of anilines is 2. The maximum atomic E-state index is 13.3. The number of unbranched alkanes of at least 4 members (excludes halogenated alkanes) is 1. The molecule has 1 heterocycles. The van der Waals surface area contributed by atoms with Crippen LogP contribution < -0.4 is 26.6 Å². The van der Waals surface area contributed by atoms with Crippen molar-refractivity contribution in [3.8, 4) is 5.75 Å². The van der Waals surface area contributed by atoms with E-state index in [0.717, 1.165) is 12.0 Å². The number of benzene rings is 2. The van der Waals surface area contributed by atoms with Crippen molar-refractivity contribution in [2.24, 2.45) is 0 Å². The highest BCUT2D eigenvalue weighted by Gasteiger charge is 2.25. The van der Waals surface area contributed by atoms with Crippen molar-refractivity contribution in [1.29, 1.82) is 0 Å². The molecule has 0 atom stereocenters. The van der Waals surface area contributed by atoms with E-state index < -0.39 is 28.7 Å². The van der Waals surface area contributed by atoms with Gasteiger partial charge in [0.1, 0.15) is 11.6 Å². The topological polar surface area (TPSA) is 154 Å². The molecular formula is C24H27N5O6. The number of nitrogen functional groups attached to an aromatic ring is 1. The Morgan fingerprint density at radius 1 is 1.20 bits per heavy atom. The molecule has 0 saturated heterocycles. The van der Waals surface area contributed by atoms with Gasteiger partial charge in [-0.05, 0) is 31.0 Å². The van der Waals surface area contributed by atoms with Crippen LogP contribution in [0.4, 0.5) is 17.2 Å². The second-order valence-corrected chi connectivity index (χ2v) is 7.96. The van der Waals surface area contributed by atoms with E-state index in [-0.39, 0.29) is 36.0 Å². The Balaban J connectivity index is 1.96. The lowest BCUT2D eigenvalue weighted by Crippen LogP contribution is -2.42. The van der Waals surface area contributed by atoms with Crippen molar-refractivity contribution in [3.63, 3.8) is 0 Å². The molecule has 0 aliphatic carbocycles. The van der Waals surface area contributed by atoms with E-state index in [9.17, 15) is 24.5 Å². The highest BCUT2D eigenvalue weighted by Crippen LogP contribution is 2.24. The maximum Gasteiger partial charge on any atom is 0.330 e. The van der Waals surface area contributed by atoms with Gasteiger partial charge >= 0.3 is 5.69 Å². The van der Waals surface area contributed by atoms with Crippen LogP contribution in [0.15, 0.2) is 58.1 Å². The van der Waals surface area contributed by atoms with Crippen molar-refractivity contribution in [1.82, 2.24) is 9.55 Å². The van der Waals surface area contributed by atoms with Gasteiger partial charge in [-0.15, -0.1) is 0 Å². The summed E-state index contributed by atoms with van der Waals surface area (Å²) in [6, 6.07) is 13.1. The number of carbonyl (C=O) groups is 1. The number of aromatic nitrogens is 2. The van der Waals surface area contributed by atoms with E-state index in [2.05, 4.69) is 4.98 Å². The van der Waals surface area contributed by atoms with Crippen LogP contribution in [0.25, 0.3) is 0 Å². The Morgan fingerprint density at radius 3 is 2.54 bits per heavy atom. The largest absolute Gasteiger partial charge is 0.484 e. The fraction of sp³-hybridized carbons (Fsp3) is 0.292. The third kappa shape index (κ3) is 5.94. The number of nitrogens with two attached hydrogens (primary N) is 1. The number of carbonyl (C=O) groups excluding carboxylic acids is 1. The zero-order valence-corrected chi connectivity index (χ0v) is 19.5. The zero-order chi connectivity index (χ0) is 25.5. The summed E-state index contributed by atoms with van der Waals surface area (Å²) < 4.78 is 6.83. The van der Waals surface area contributed by atoms with E-state index in [0.29, 0.717) is 12.0 Å². The zero-order valence-electron chi connectivity index (χ0n) is 19.5. The minimum absolute atomic E-state index is 0.0155. The van der Waals surface area contributed by atoms with Crippen LogP contribution in [0.2, 0.25) is 0 Å². The number of aryl methyl sites for hydroxylation is 1. The van der Waals surface area contributed by atoms with Crippen molar-refractivity contribution >= 4 is 23.1 Å². The van der Waals surface area contributed by atoms with Crippen LogP contribution in [0.3, 0.4) is 0 Å². The monoisotopic (exact) mass is 481 g/mol. The second kappa shape index (κ2) is 11.1. The SMILES string of the molecule is CCCCn1c(N)c(N(Cc2ccccc2)C(=O)COc2ccc([N+](=O)[O-])c(C)c2)c(=O)[nH]c1=O. The van der Waals surface area contributed by atoms with Crippen LogP contribution in [0.5, 0.6) is 5.75 Å². The number of aromatic amines is 1. The molecule has 1 aromatic heterocycles. The lowest BCUT2D eigenvalue weighted by atomic mass is 10.2.